The van der Waals surface area contributed by atoms with E-state index in [2.05, 4.69) is 4.98 Å². The van der Waals surface area contributed by atoms with Crippen molar-refractivity contribution in [3.8, 4) is 0 Å². The van der Waals surface area contributed by atoms with Gasteiger partial charge < -0.3 is 10.2 Å². The van der Waals surface area contributed by atoms with Gasteiger partial charge in [-0.05, 0) is 31.7 Å². The summed E-state index contributed by atoms with van der Waals surface area (Å²) in [6.07, 6.45) is -4.09. The number of aromatic nitrogens is 1. The van der Waals surface area contributed by atoms with Gasteiger partial charge in [0.05, 0.1) is 11.5 Å². The fourth-order valence-electron chi connectivity index (χ4n) is 2.71. The number of rotatable bonds is 2. The highest BCUT2D eigenvalue weighted by atomic mass is 19.4. The average Bonchev–Trinajstić information content (AvgIpc) is 2.38. The molecule has 20 heavy (non-hydrogen) atoms. The molecule has 0 atom stereocenters. The smallest absolute Gasteiger partial charge is 0.433 e. The molecule has 4 nitrogen and oxygen atoms in total. The van der Waals surface area contributed by atoms with Crippen LogP contribution in [0.5, 0.6) is 0 Å². The molecule has 2 rings (SSSR count). The van der Waals surface area contributed by atoms with E-state index in [9.17, 15) is 28.2 Å². The number of hydrogen-bond donors (Lipinski definition) is 2. The van der Waals surface area contributed by atoms with Crippen LogP contribution in [0.3, 0.4) is 0 Å². The lowest BCUT2D eigenvalue weighted by Gasteiger charge is -2.36. The second-order valence-corrected chi connectivity index (χ2v) is 5.02. The van der Waals surface area contributed by atoms with Crippen molar-refractivity contribution in [2.45, 2.75) is 43.4 Å². The molecule has 1 heterocycles. The van der Waals surface area contributed by atoms with E-state index in [-0.39, 0.29) is 31.2 Å². The number of pyridine rings is 1. The molecule has 0 unspecified atom stereocenters. The summed E-state index contributed by atoms with van der Waals surface area (Å²) < 4.78 is 39.0. The number of carboxylic acids is 1. The molecule has 0 bridgehead atoms. The summed E-state index contributed by atoms with van der Waals surface area (Å²) in [6.45, 7) is 0. The molecular weight excluding hydrogens is 275 g/mol. The van der Waals surface area contributed by atoms with Crippen molar-refractivity contribution in [1.82, 2.24) is 4.98 Å². The molecule has 0 amide bonds. The molecule has 0 radical (unpaired) electrons. The Morgan fingerprint density at radius 3 is 2.45 bits per heavy atom. The zero-order valence-corrected chi connectivity index (χ0v) is 10.5. The maximum absolute atomic E-state index is 13.0. The molecule has 7 heteroatoms. The lowest BCUT2D eigenvalue weighted by molar-refractivity contribution is -0.149. The molecule has 0 spiro atoms. The zero-order chi connectivity index (χ0) is 15.0. The van der Waals surface area contributed by atoms with E-state index in [1.54, 1.807) is 0 Å². The standard InChI is InChI=1S/C13H14F3NO3/c14-13(15,16)10-9(2-1-7-17-10)12(11(19)20)5-3-8(18)4-6-12/h1-2,7-8,18H,3-6H2,(H,19,20). The van der Waals surface area contributed by atoms with Crippen LogP contribution in [0, 0.1) is 0 Å². The number of aliphatic hydroxyl groups is 1. The maximum atomic E-state index is 13.0. The minimum absolute atomic E-state index is 0.0295. The Labute approximate surface area is 113 Å². The average molecular weight is 289 g/mol. The molecule has 1 saturated carbocycles. The molecule has 0 aromatic carbocycles. The predicted octanol–water partition coefficient (Wildman–Crippen LogP) is 2.36. The quantitative estimate of drug-likeness (QED) is 0.876. The van der Waals surface area contributed by atoms with Gasteiger partial charge in [-0.3, -0.25) is 9.78 Å². The van der Waals surface area contributed by atoms with Gasteiger partial charge in [-0.1, -0.05) is 6.07 Å². The van der Waals surface area contributed by atoms with Gasteiger partial charge in [0.1, 0.15) is 5.69 Å². The van der Waals surface area contributed by atoms with Crippen LogP contribution in [0.15, 0.2) is 18.3 Å². The normalized spacial score (nSPS) is 27.3. The number of aliphatic hydroxyl groups excluding tert-OH is 1. The Morgan fingerprint density at radius 1 is 1.35 bits per heavy atom. The molecule has 1 aromatic heterocycles. The number of nitrogens with zero attached hydrogens (tertiary/aromatic N) is 1. The highest BCUT2D eigenvalue weighted by Gasteiger charge is 2.49. The van der Waals surface area contributed by atoms with E-state index in [0.717, 1.165) is 6.20 Å². The topological polar surface area (TPSA) is 70.4 Å². The van der Waals surface area contributed by atoms with Crippen molar-refractivity contribution in [3.05, 3.63) is 29.6 Å². The van der Waals surface area contributed by atoms with E-state index in [0.29, 0.717) is 0 Å². The van der Waals surface area contributed by atoms with Crippen molar-refractivity contribution < 1.29 is 28.2 Å². The van der Waals surface area contributed by atoms with E-state index < -0.39 is 29.4 Å². The highest BCUT2D eigenvalue weighted by molar-refractivity contribution is 5.82. The van der Waals surface area contributed by atoms with E-state index in [1.807, 2.05) is 0 Å². The number of carboxylic acid groups (broad SMARTS) is 1. The number of carbonyl (C=O) groups is 1. The van der Waals surface area contributed by atoms with Gasteiger partial charge in [0.2, 0.25) is 0 Å². The SMILES string of the molecule is O=C(O)C1(c2cccnc2C(F)(F)F)CCC(O)CC1. The summed E-state index contributed by atoms with van der Waals surface area (Å²) in [7, 11) is 0. The van der Waals surface area contributed by atoms with Gasteiger partial charge in [-0.15, -0.1) is 0 Å². The predicted molar refractivity (Wildman–Crippen MR) is 63.0 cm³/mol. The summed E-state index contributed by atoms with van der Waals surface area (Å²) in [5.41, 5.74) is -3.09. The summed E-state index contributed by atoms with van der Waals surface area (Å²) in [5, 5.41) is 18.9. The third kappa shape index (κ3) is 2.49. The summed E-state index contributed by atoms with van der Waals surface area (Å²) in [6, 6.07) is 2.47. The minimum Gasteiger partial charge on any atom is -0.481 e. The molecule has 1 aliphatic carbocycles. The fraction of sp³-hybridized carbons (Fsp3) is 0.538. The molecule has 1 aliphatic rings. The van der Waals surface area contributed by atoms with Gasteiger partial charge in [0.25, 0.3) is 0 Å². The first-order chi connectivity index (χ1) is 9.27. The molecule has 1 aromatic rings. The van der Waals surface area contributed by atoms with Crippen LogP contribution in [0.1, 0.15) is 36.9 Å². The van der Waals surface area contributed by atoms with Crippen molar-refractivity contribution in [2.24, 2.45) is 0 Å². The number of aliphatic carboxylic acids is 1. The third-order valence-corrected chi connectivity index (χ3v) is 3.81. The van der Waals surface area contributed by atoms with Gasteiger partial charge in [0, 0.05) is 11.8 Å². The lowest BCUT2D eigenvalue weighted by Crippen LogP contribution is -2.42. The van der Waals surface area contributed by atoms with Gasteiger partial charge >= 0.3 is 12.1 Å². The minimum atomic E-state index is -4.70. The molecule has 1 fully saturated rings. The Bertz CT molecular complexity index is 508. The zero-order valence-electron chi connectivity index (χ0n) is 10.5. The van der Waals surface area contributed by atoms with Gasteiger partial charge in [0.15, 0.2) is 0 Å². The van der Waals surface area contributed by atoms with Crippen molar-refractivity contribution in [1.29, 1.82) is 0 Å². The molecular formula is C13H14F3NO3. The van der Waals surface area contributed by atoms with E-state index in [1.165, 1.54) is 12.1 Å². The lowest BCUT2D eigenvalue weighted by atomic mass is 9.68. The molecule has 0 saturated heterocycles. The largest absolute Gasteiger partial charge is 0.481 e. The van der Waals surface area contributed by atoms with Crippen LogP contribution < -0.4 is 0 Å². The third-order valence-electron chi connectivity index (χ3n) is 3.81. The first kappa shape index (κ1) is 14.8. The first-order valence-corrected chi connectivity index (χ1v) is 6.21. The van der Waals surface area contributed by atoms with Crippen LogP contribution in [0.4, 0.5) is 13.2 Å². The summed E-state index contributed by atoms with van der Waals surface area (Å²) in [4.78, 5) is 14.9. The van der Waals surface area contributed by atoms with E-state index in [4.69, 9.17) is 0 Å². The second kappa shape index (κ2) is 5.05. The van der Waals surface area contributed by atoms with Crippen molar-refractivity contribution in [2.75, 3.05) is 0 Å². The Morgan fingerprint density at radius 2 is 1.95 bits per heavy atom. The highest BCUT2D eigenvalue weighted by Crippen LogP contribution is 2.44. The Kier molecular flexibility index (Phi) is 3.73. The monoisotopic (exact) mass is 289 g/mol. The van der Waals surface area contributed by atoms with Gasteiger partial charge in [-0.25, -0.2) is 0 Å². The Balaban J connectivity index is 2.54. The van der Waals surface area contributed by atoms with Crippen LogP contribution in [0.2, 0.25) is 0 Å². The first-order valence-electron chi connectivity index (χ1n) is 6.21. The van der Waals surface area contributed by atoms with Crippen LogP contribution >= 0.6 is 0 Å². The second-order valence-electron chi connectivity index (χ2n) is 5.02. The van der Waals surface area contributed by atoms with Crippen molar-refractivity contribution >= 4 is 5.97 Å². The number of hydrogen-bond acceptors (Lipinski definition) is 3. The fourth-order valence-corrected chi connectivity index (χ4v) is 2.71. The van der Waals surface area contributed by atoms with Crippen LogP contribution in [0.25, 0.3) is 0 Å². The van der Waals surface area contributed by atoms with E-state index >= 15 is 0 Å². The van der Waals surface area contributed by atoms with Crippen molar-refractivity contribution in [3.63, 3.8) is 0 Å². The number of halogens is 3. The van der Waals surface area contributed by atoms with Crippen LogP contribution in [-0.4, -0.2) is 27.3 Å². The summed E-state index contributed by atoms with van der Waals surface area (Å²) in [5.74, 6) is -1.30. The summed E-state index contributed by atoms with van der Waals surface area (Å²) >= 11 is 0. The number of alkyl halides is 3. The Hall–Kier alpha value is -1.63. The maximum Gasteiger partial charge on any atom is 0.433 e. The molecule has 0 aliphatic heterocycles. The van der Waals surface area contributed by atoms with Gasteiger partial charge in [-0.2, -0.15) is 13.2 Å². The van der Waals surface area contributed by atoms with Crippen LogP contribution in [-0.2, 0) is 16.4 Å². The molecule has 2 N–H and O–H groups in total. The molecule has 110 valence electrons.